The number of anilines is 2. The van der Waals surface area contributed by atoms with E-state index in [1.807, 2.05) is 42.7 Å². The lowest BCUT2D eigenvalue weighted by molar-refractivity contribution is -0.126. The number of hydrogen-bond acceptors (Lipinski definition) is 5. The van der Waals surface area contributed by atoms with Gasteiger partial charge >= 0.3 is 0 Å². The van der Waals surface area contributed by atoms with E-state index in [0.29, 0.717) is 13.1 Å². The molecular weight excluding hydrogens is 427 g/mol. The fraction of sp³-hybridized carbons (Fsp3) is 0.417. The van der Waals surface area contributed by atoms with E-state index in [0.717, 1.165) is 49.0 Å². The summed E-state index contributed by atoms with van der Waals surface area (Å²) in [5, 5.41) is 3.01. The highest BCUT2D eigenvalue weighted by molar-refractivity contribution is 7.98. The second kappa shape index (κ2) is 10.4. The zero-order valence-corrected chi connectivity index (χ0v) is 19.1. The Morgan fingerprint density at radius 1 is 1.03 bits per heavy atom. The van der Waals surface area contributed by atoms with E-state index in [4.69, 9.17) is 0 Å². The maximum Gasteiger partial charge on any atom is 0.227 e. The summed E-state index contributed by atoms with van der Waals surface area (Å²) in [6.45, 7) is 5.33. The second-order valence-electron chi connectivity index (χ2n) is 8.20. The lowest BCUT2D eigenvalue weighted by Crippen LogP contribution is -2.48. The van der Waals surface area contributed by atoms with Crippen LogP contribution in [0.3, 0.4) is 0 Å². The van der Waals surface area contributed by atoms with E-state index >= 15 is 0 Å². The largest absolute Gasteiger partial charge is 0.369 e. The van der Waals surface area contributed by atoms with Gasteiger partial charge in [0.25, 0.3) is 0 Å². The number of amides is 2. The molecule has 4 rings (SSSR count). The van der Waals surface area contributed by atoms with E-state index in [-0.39, 0.29) is 30.0 Å². The molecule has 2 aromatic rings. The highest BCUT2D eigenvalue weighted by Crippen LogP contribution is 2.27. The Labute approximate surface area is 192 Å². The van der Waals surface area contributed by atoms with Crippen molar-refractivity contribution in [1.82, 2.24) is 10.2 Å². The molecule has 2 amide bonds. The molecule has 1 atom stereocenters. The van der Waals surface area contributed by atoms with Gasteiger partial charge in [0.05, 0.1) is 5.92 Å². The number of hydrogen-bond donors (Lipinski definition) is 1. The highest BCUT2D eigenvalue weighted by Gasteiger charge is 2.35. The molecule has 8 heteroatoms. The van der Waals surface area contributed by atoms with E-state index in [1.54, 1.807) is 16.7 Å². The van der Waals surface area contributed by atoms with Gasteiger partial charge in [-0.1, -0.05) is 0 Å². The Morgan fingerprint density at radius 3 is 2.34 bits per heavy atom. The predicted molar refractivity (Wildman–Crippen MR) is 127 cm³/mol. The van der Waals surface area contributed by atoms with E-state index in [1.165, 1.54) is 12.1 Å². The molecule has 1 unspecified atom stereocenters. The first-order chi connectivity index (χ1) is 15.5. The Morgan fingerprint density at radius 2 is 1.69 bits per heavy atom. The van der Waals surface area contributed by atoms with Gasteiger partial charge in [0, 0.05) is 68.5 Å². The smallest absolute Gasteiger partial charge is 0.227 e. The van der Waals surface area contributed by atoms with Crippen LogP contribution < -0.4 is 15.1 Å². The molecule has 2 heterocycles. The van der Waals surface area contributed by atoms with Gasteiger partial charge in [0.2, 0.25) is 11.8 Å². The van der Waals surface area contributed by atoms with Gasteiger partial charge in [-0.2, -0.15) is 0 Å². The molecule has 0 saturated carbocycles. The molecule has 6 nitrogen and oxygen atoms in total. The third-order valence-electron chi connectivity index (χ3n) is 6.17. The summed E-state index contributed by atoms with van der Waals surface area (Å²) >= 11 is 1.66. The van der Waals surface area contributed by atoms with Crippen molar-refractivity contribution in [2.24, 2.45) is 5.92 Å². The lowest BCUT2D eigenvalue weighted by atomic mass is 10.1. The van der Waals surface area contributed by atoms with E-state index in [2.05, 4.69) is 15.1 Å². The Kier molecular flexibility index (Phi) is 7.32. The van der Waals surface area contributed by atoms with Gasteiger partial charge in [-0.25, -0.2) is 4.39 Å². The van der Waals surface area contributed by atoms with Crippen molar-refractivity contribution in [2.45, 2.75) is 11.3 Å². The van der Waals surface area contributed by atoms with Crippen LogP contribution in [-0.2, 0) is 9.59 Å². The normalized spacial score (nSPS) is 19.4. The number of piperazine rings is 1. The maximum atomic E-state index is 13.1. The van der Waals surface area contributed by atoms with E-state index in [9.17, 15) is 14.0 Å². The number of rotatable bonds is 7. The molecule has 0 spiro atoms. The highest BCUT2D eigenvalue weighted by atomic mass is 32.2. The van der Waals surface area contributed by atoms with Gasteiger partial charge in [-0.05, 0) is 54.8 Å². The van der Waals surface area contributed by atoms with Crippen molar-refractivity contribution in [1.29, 1.82) is 0 Å². The van der Waals surface area contributed by atoms with Crippen molar-refractivity contribution in [3.63, 3.8) is 0 Å². The number of nitrogens with zero attached hydrogens (tertiary/aromatic N) is 3. The summed E-state index contributed by atoms with van der Waals surface area (Å²) in [5.74, 6) is -0.577. The summed E-state index contributed by atoms with van der Waals surface area (Å²) < 4.78 is 13.1. The summed E-state index contributed by atoms with van der Waals surface area (Å²) in [5.41, 5.74) is 1.89. The van der Waals surface area contributed by atoms with Crippen molar-refractivity contribution in [2.75, 3.05) is 61.9 Å². The van der Waals surface area contributed by atoms with Crippen LogP contribution >= 0.6 is 11.8 Å². The minimum absolute atomic E-state index is 0.000957. The average molecular weight is 457 g/mol. The first kappa shape index (κ1) is 22.6. The van der Waals surface area contributed by atoms with Crippen molar-refractivity contribution in [3.05, 3.63) is 54.3 Å². The monoisotopic (exact) mass is 456 g/mol. The molecule has 170 valence electrons. The summed E-state index contributed by atoms with van der Waals surface area (Å²) in [6, 6.07) is 14.5. The Hall–Kier alpha value is -2.58. The topological polar surface area (TPSA) is 55.9 Å². The Balaban J connectivity index is 1.19. The average Bonchev–Trinajstić information content (AvgIpc) is 3.22. The standard InChI is InChI=1S/C24H29FN4O2S/c1-32-22-8-6-21(7-9-22)29-17-18(16-23(29)30)24(31)26-10-11-27-12-14-28(15-13-27)20-4-2-19(25)3-5-20/h2-9,18H,10-17H2,1H3,(H,26,31). The summed E-state index contributed by atoms with van der Waals surface area (Å²) in [7, 11) is 0. The van der Waals surface area contributed by atoms with Crippen LogP contribution in [0.4, 0.5) is 15.8 Å². The Bertz CT molecular complexity index is 930. The molecule has 2 aliphatic rings. The van der Waals surface area contributed by atoms with Crippen molar-refractivity contribution >= 4 is 35.0 Å². The SMILES string of the molecule is CSc1ccc(N2CC(C(=O)NCCN3CCN(c4ccc(F)cc4)CC3)CC2=O)cc1. The quantitative estimate of drug-likeness (QED) is 0.650. The first-order valence-electron chi connectivity index (χ1n) is 11.0. The van der Waals surface area contributed by atoms with Crippen LogP contribution in [0, 0.1) is 11.7 Å². The molecule has 0 aromatic heterocycles. The molecule has 32 heavy (non-hydrogen) atoms. The van der Waals surface area contributed by atoms with Crippen molar-refractivity contribution < 1.29 is 14.0 Å². The summed E-state index contributed by atoms with van der Waals surface area (Å²) in [4.78, 5) is 32.5. The number of carbonyl (C=O) groups is 2. The van der Waals surface area contributed by atoms with Gasteiger partial charge in [0.1, 0.15) is 5.82 Å². The first-order valence-corrected chi connectivity index (χ1v) is 12.2. The molecule has 1 N–H and O–H groups in total. The minimum atomic E-state index is -0.307. The fourth-order valence-electron chi connectivity index (χ4n) is 4.26. The summed E-state index contributed by atoms with van der Waals surface area (Å²) in [6.07, 6.45) is 2.27. The van der Waals surface area contributed by atoms with Crippen LogP contribution in [0.2, 0.25) is 0 Å². The fourth-order valence-corrected chi connectivity index (χ4v) is 4.67. The van der Waals surface area contributed by atoms with Crippen LogP contribution in [-0.4, -0.2) is 68.8 Å². The van der Waals surface area contributed by atoms with Crippen LogP contribution in [0.15, 0.2) is 53.4 Å². The molecule has 0 radical (unpaired) electrons. The van der Waals surface area contributed by atoms with E-state index < -0.39 is 0 Å². The van der Waals surface area contributed by atoms with Gasteiger partial charge in [0.15, 0.2) is 0 Å². The number of thioether (sulfide) groups is 1. The molecule has 2 fully saturated rings. The number of nitrogens with one attached hydrogen (secondary N) is 1. The number of benzene rings is 2. The molecule has 2 saturated heterocycles. The zero-order chi connectivity index (χ0) is 22.5. The zero-order valence-electron chi connectivity index (χ0n) is 18.3. The molecule has 2 aromatic carbocycles. The van der Waals surface area contributed by atoms with Gasteiger partial charge in [-0.15, -0.1) is 11.8 Å². The lowest BCUT2D eigenvalue weighted by Gasteiger charge is -2.36. The molecular formula is C24H29FN4O2S. The van der Waals surface area contributed by atoms with Crippen molar-refractivity contribution in [3.8, 4) is 0 Å². The second-order valence-corrected chi connectivity index (χ2v) is 9.08. The van der Waals surface area contributed by atoms with Crippen LogP contribution in [0.25, 0.3) is 0 Å². The van der Waals surface area contributed by atoms with Gasteiger partial charge in [-0.3, -0.25) is 14.5 Å². The number of carbonyl (C=O) groups excluding carboxylic acids is 2. The third-order valence-corrected chi connectivity index (χ3v) is 6.91. The minimum Gasteiger partial charge on any atom is -0.369 e. The molecule has 0 aliphatic carbocycles. The van der Waals surface area contributed by atoms with Gasteiger partial charge < -0.3 is 15.1 Å². The maximum absolute atomic E-state index is 13.1. The number of halogens is 1. The third kappa shape index (κ3) is 5.42. The van der Waals surface area contributed by atoms with Crippen LogP contribution in [0.1, 0.15) is 6.42 Å². The van der Waals surface area contributed by atoms with Crippen LogP contribution in [0.5, 0.6) is 0 Å². The molecule has 0 bridgehead atoms. The predicted octanol–water partition coefficient (Wildman–Crippen LogP) is 2.84. The molecule has 2 aliphatic heterocycles.